The van der Waals surface area contributed by atoms with E-state index < -0.39 is 11.9 Å². The first kappa shape index (κ1) is 11.0. The molecule has 1 aliphatic rings. The highest BCUT2D eigenvalue weighted by atomic mass is 16.5. The topological polar surface area (TPSA) is 88.1 Å². The second kappa shape index (κ2) is 5.58. The van der Waals surface area contributed by atoms with Crippen molar-refractivity contribution in [3.8, 4) is 6.07 Å². The van der Waals surface area contributed by atoms with Crippen LogP contribution in [0.2, 0.25) is 0 Å². The van der Waals surface area contributed by atoms with Crippen LogP contribution in [0, 0.1) is 11.3 Å². The van der Waals surface area contributed by atoms with Crippen molar-refractivity contribution in [2.24, 2.45) is 5.73 Å². The first-order chi connectivity index (χ1) is 6.72. The van der Waals surface area contributed by atoms with E-state index in [0.717, 1.165) is 19.4 Å². The summed E-state index contributed by atoms with van der Waals surface area (Å²) in [6.45, 7) is 1.41. The van der Waals surface area contributed by atoms with Crippen LogP contribution in [0.15, 0.2) is 0 Å². The van der Waals surface area contributed by atoms with E-state index in [1.54, 1.807) is 0 Å². The van der Waals surface area contributed by atoms with Gasteiger partial charge in [0.05, 0.1) is 18.6 Å². The van der Waals surface area contributed by atoms with Gasteiger partial charge in [0.1, 0.15) is 6.04 Å². The second-order valence-electron chi connectivity index (χ2n) is 3.40. The van der Waals surface area contributed by atoms with Gasteiger partial charge in [-0.2, -0.15) is 5.26 Å². The number of carbonyl (C=O) groups excluding carboxylic acids is 1. The third-order valence-electron chi connectivity index (χ3n) is 2.18. The van der Waals surface area contributed by atoms with Crippen LogP contribution >= 0.6 is 0 Å². The molecule has 0 saturated carbocycles. The minimum absolute atomic E-state index is 0.0587. The summed E-state index contributed by atoms with van der Waals surface area (Å²) < 4.78 is 5.36. The minimum atomic E-state index is -0.489. The Kier molecular flexibility index (Phi) is 4.36. The molecular formula is C9H15N3O2. The molecule has 1 saturated heterocycles. The van der Waals surface area contributed by atoms with Crippen molar-refractivity contribution in [1.82, 2.24) is 5.32 Å². The predicted molar refractivity (Wildman–Crippen MR) is 50.2 cm³/mol. The van der Waals surface area contributed by atoms with Gasteiger partial charge in [0.25, 0.3) is 0 Å². The number of nitrogens with two attached hydrogens (primary N) is 1. The molecule has 1 amide bonds. The fourth-order valence-electron chi connectivity index (χ4n) is 1.44. The van der Waals surface area contributed by atoms with Crippen molar-refractivity contribution in [3.63, 3.8) is 0 Å². The van der Waals surface area contributed by atoms with E-state index in [1.807, 2.05) is 6.07 Å². The van der Waals surface area contributed by atoms with E-state index in [1.165, 1.54) is 0 Å². The zero-order valence-corrected chi connectivity index (χ0v) is 8.03. The number of ether oxygens (including phenoxy) is 1. The molecule has 1 rings (SSSR count). The summed E-state index contributed by atoms with van der Waals surface area (Å²) in [6, 6.07) is 1.50. The third kappa shape index (κ3) is 3.73. The molecule has 0 aromatic carbocycles. The SMILES string of the molecule is N#CC(CC(N)=O)NCC1CCCO1. The number of hydrogen-bond acceptors (Lipinski definition) is 4. The van der Waals surface area contributed by atoms with Gasteiger partial charge in [0, 0.05) is 13.2 Å². The molecule has 1 heterocycles. The lowest BCUT2D eigenvalue weighted by Gasteiger charge is -2.13. The highest BCUT2D eigenvalue weighted by molar-refractivity contribution is 5.74. The fourth-order valence-corrected chi connectivity index (χ4v) is 1.44. The molecule has 14 heavy (non-hydrogen) atoms. The minimum Gasteiger partial charge on any atom is -0.377 e. The number of carbonyl (C=O) groups is 1. The van der Waals surface area contributed by atoms with E-state index in [4.69, 9.17) is 15.7 Å². The number of amides is 1. The molecule has 0 aliphatic carbocycles. The van der Waals surface area contributed by atoms with Gasteiger partial charge in [0.2, 0.25) is 5.91 Å². The molecule has 0 aromatic rings. The van der Waals surface area contributed by atoms with Gasteiger partial charge in [-0.05, 0) is 12.8 Å². The zero-order chi connectivity index (χ0) is 10.4. The summed E-state index contributed by atoms with van der Waals surface area (Å²) in [5.41, 5.74) is 4.99. The Morgan fingerprint density at radius 3 is 3.07 bits per heavy atom. The lowest BCUT2D eigenvalue weighted by molar-refractivity contribution is -0.118. The third-order valence-corrected chi connectivity index (χ3v) is 2.18. The first-order valence-corrected chi connectivity index (χ1v) is 4.75. The number of hydrogen-bond donors (Lipinski definition) is 2. The smallest absolute Gasteiger partial charge is 0.220 e. The monoisotopic (exact) mass is 197 g/mol. The van der Waals surface area contributed by atoms with Crippen LogP contribution in [0.3, 0.4) is 0 Å². The summed E-state index contributed by atoms with van der Waals surface area (Å²) in [5, 5.41) is 11.6. The largest absolute Gasteiger partial charge is 0.377 e. The number of nitrogens with one attached hydrogen (secondary N) is 1. The second-order valence-corrected chi connectivity index (χ2v) is 3.40. The molecule has 5 nitrogen and oxygen atoms in total. The van der Waals surface area contributed by atoms with Crippen molar-refractivity contribution in [1.29, 1.82) is 5.26 Å². The van der Waals surface area contributed by atoms with Gasteiger partial charge in [-0.1, -0.05) is 0 Å². The molecule has 1 fully saturated rings. The Labute approximate surface area is 83.2 Å². The number of nitriles is 1. The van der Waals surface area contributed by atoms with E-state index >= 15 is 0 Å². The lowest BCUT2D eigenvalue weighted by atomic mass is 10.2. The summed E-state index contributed by atoms with van der Waals surface area (Å²) in [7, 11) is 0. The van der Waals surface area contributed by atoms with Crippen LogP contribution in [0.1, 0.15) is 19.3 Å². The maximum absolute atomic E-state index is 10.6. The fraction of sp³-hybridized carbons (Fsp3) is 0.778. The summed E-state index contributed by atoms with van der Waals surface area (Å²) in [6.07, 6.45) is 2.32. The van der Waals surface area contributed by atoms with E-state index in [9.17, 15) is 4.79 Å². The van der Waals surface area contributed by atoms with Crippen molar-refractivity contribution in [2.75, 3.05) is 13.2 Å². The van der Waals surface area contributed by atoms with Gasteiger partial charge in [-0.15, -0.1) is 0 Å². The van der Waals surface area contributed by atoms with Crippen LogP contribution in [0.5, 0.6) is 0 Å². The Balaban J connectivity index is 2.20. The van der Waals surface area contributed by atoms with Crippen molar-refractivity contribution >= 4 is 5.91 Å². The maximum Gasteiger partial charge on any atom is 0.220 e. The molecule has 0 spiro atoms. The molecule has 2 atom stereocenters. The molecule has 1 aliphatic heterocycles. The highest BCUT2D eigenvalue weighted by Crippen LogP contribution is 2.10. The summed E-state index contributed by atoms with van der Waals surface area (Å²) in [5.74, 6) is -0.462. The average molecular weight is 197 g/mol. The van der Waals surface area contributed by atoms with Crippen LogP contribution in [0.4, 0.5) is 0 Å². The average Bonchev–Trinajstić information content (AvgIpc) is 2.64. The molecule has 0 aromatic heterocycles. The van der Waals surface area contributed by atoms with E-state index in [0.29, 0.717) is 6.54 Å². The maximum atomic E-state index is 10.6. The molecule has 0 bridgehead atoms. The molecular weight excluding hydrogens is 182 g/mol. The van der Waals surface area contributed by atoms with Gasteiger partial charge in [0.15, 0.2) is 0 Å². The molecule has 3 N–H and O–H groups in total. The highest BCUT2D eigenvalue weighted by Gasteiger charge is 2.17. The molecule has 78 valence electrons. The summed E-state index contributed by atoms with van der Waals surface area (Å²) in [4.78, 5) is 10.6. The van der Waals surface area contributed by atoms with Crippen LogP contribution in [-0.4, -0.2) is 31.2 Å². The predicted octanol–water partition coefficient (Wildman–Crippen LogP) is -0.477. The van der Waals surface area contributed by atoms with E-state index in [-0.39, 0.29) is 12.5 Å². The van der Waals surface area contributed by atoms with E-state index in [2.05, 4.69) is 5.32 Å². The Morgan fingerprint density at radius 1 is 1.79 bits per heavy atom. The molecule has 0 radical (unpaired) electrons. The van der Waals surface area contributed by atoms with Gasteiger partial charge in [-0.25, -0.2) is 0 Å². The molecule has 2 unspecified atom stereocenters. The lowest BCUT2D eigenvalue weighted by Crippen LogP contribution is -2.37. The van der Waals surface area contributed by atoms with Crippen LogP contribution < -0.4 is 11.1 Å². The van der Waals surface area contributed by atoms with Gasteiger partial charge in [-0.3, -0.25) is 10.1 Å². The van der Waals surface area contributed by atoms with Gasteiger partial charge < -0.3 is 10.5 Å². The van der Waals surface area contributed by atoms with Gasteiger partial charge >= 0.3 is 0 Å². The number of nitrogens with zero attached hydrogens (tertiary/aromatic N) is 1. The Bertz CT molecular complexity index is 231. The Morgan fingerprint density at radius 2 is 2.57 bits per heavy atom. The number of rotatable bonds is 5. The van der Waals surface area contributed by atoms with Crippen molar-refractivity contribution in [3.05, 3.63) is 0 Å². The normalized spacial score (nSPS) is 22.9. The standard InChI is InChI=1S/C9H15N3O2/c10-5-7(4-9(11)13)12-6-8-2-1-3-14-8/h7-8,12H,1-4,6H2,(H2,11,13). The zero-order valence-electron chi connectivity index (χ0n) is 8.03. The van der Waals surface area contributed by atoms with Crippen molar-refractivity contribution in [2.45, 2.75) is 31.4 Å². The summed E-state index contributed by atoms with van der Waals surface area (Å²) >= 11 is 0. The quantitative estimate of drug-likeness (QED) is 0.623. The van der Waals surface area contributed by atoms with Crippen molar-refractivity contribution < 1.29 is 9.53 Å². The molecule has 5 heteroatoms. The first-order valence-electron chi connectivity index (χ1n) is 4.75. The van der Waals surface area contributed by atoms with Crippen LogP contribution in [-0.2, 0) is 9.53 Å². The Hall–Kier alpha value is -1.12. The number of primary amides is 1. The van der Waals surface area contributed by atoms with Crippen LogP contribution in [0.25, 0.3) is 0 Å².